The Bertz CT molecular complexity index is 620. The topological polar surface area (TPSA) is 66.8 Å². The summed E-state index contributed by atoms with van der Waals surface area (Å²) in [7, 11) is 1.47. The molecular weight excluding hydrogens is 364 g/mol. The summed E-state index contributed by atoms with van der Waals surface area (Å²) in [4.78, 5) is 11.6. The van der Waals surface area contributed by atoms with Crippen molar-refractivity contribution in [3.63, 3.8) is 0 Å². The highest BCUT2D eigenvalue weighted by atomic mass is 16.5. The van der Waals surface area contributed by atoms with Gasteiger partial charge in [0.25, 0.3) is 0 Å². The van der Waals surface area contributed by atoms with Crippen molar-refractivity contribution in [1.29, 1.82) is 0 Å². The summed E-state index contributed by atoms with van der Waals surface area (Å²) in [6.07, 6.45) is 9.80. The minimum absolute atomic E-state index is 0.109. The Morgan fingerprint density at radius 3 is 2.41 bits per heavy atom. The number of carbonyl (C=O) groups excluding carboxylic acids is 1. The molecule has 0 amide bonds. The second-order valence-corrected chi connectivity index (χ2v) is 11.5. The molecular formula is C25H42O4. The molecule has 29 heavy (non-hydrogen) atoms. The van der Waals surface area contributed by atoms with Crippen LogP contribution in [0.5, 0.6) is 0 Å². The van der Waals surface area contributed by atoms with Crippen molar-refractivity contribution in [3.05, 3.63) is 0 Å². The Morgan fingerprint density at radius 2 is 1.69 bits per heavy atom. The molecule has 4 nitrogen and oxygen atoms in total. The number of aliphatic hydroxyl groups excluding tert-OH is 2. The highest BCUT2D eigenvalue weighted by molar-refractivity contribution is 5.69. The Labute approximate surface area is 176 Å². The van der Waals surface area contributed by atoms with E-state index in [-0.39, 0.29) is 28.6 Å². The van der Waals surface area contributed by atoms with Crippen LogP contribution in [0.3, 0.4) is 0 Å². The molecule has 10 atom stereocenters. The van der Waals surface area contributed by atoms with Crippen molar-refractivity contribution in [2.75, 3.05) is 7.11 Å². The molecule has 4 aliphatic carbocycles. The van der Waals surface area contributed by atoms with Gasteiger partial charge in [0.1, 0.15) is 0 Å². The van der Waals surface area contributed by atoms with Gasteiger partial charge in [-0.1, -0.05) is 33.6 Å². The summed E-state index contributed by atoms with van der Waals surface area (Å²) in [5.41, 5.74) is 0.409. The zero-order valence-electron chi connectivity index (χ0n) is 18.9. The van der Waals surface area contributed by atoms with E-state index < -0.39 is 12.2 Å². The standard InChI is InChI=1S/C25H42O4/c1-15(8-11-20(26)29-4)16-9-10-17-21-18(12-14-25(16,17)3)24(2)13-6-5-7-19(24)22(27)23(21)28/h15-19,21-23,27-28H,5-14H2,1-4H3/t15-,16+,17?,18?,19-,21?,22-,23+,24+,25+/m0/s1. The number of esters is 1. The minimum atomic E-state index is -0.565. The summed E-state index contributed by atoms with van der Waals surface area (Å²) >= 11 is 0. The number of hydrogen-bond acceptors (Lipinski definition) is 4. The van der Waals surface area contributed by atoms with Gasteiger partial charge in [-0.05, 0) is 91.3 Å². The van der Waals surface area contributed by atoms with Crippen molar-refractivity contribution >= 4 is 5.97 Å². The van der Waals surface area contributed by atoms with Crippen LogP contribution in [-0.4, -0.2) is 35.5 Å². The number of rotatable bonds is 4. The lowest BCUT2D eigenvalue weighted by Gasteiger charge is -2.63. The molecule has 2 N–H and O–H groups in total. The number of methoxy groups -OCH3 is 1. The fourth-order valence-corrected chi connectivity index (χ4v) is 8.94. The highest BCUT2D eigenvalue weighted by Gasteiger charge is 2.64. The molecule has 166 valence electrons. The molecule has 3 unspecified atom stereocenters. The first-order chi connectivity index (χ1) is 13.7. The molecule has 4 fully saturated rings. The zero-order chi connectivity index (χ0) is 21.0. The fraction of sp³-hybridized carbons (Fsp3) is 0.960. The quantitative estimate of drug-likeness (QED) is 0.671. The molecule has 0 saturated heterocycles. The Kier molecular flexibility index (Phi) is 5.83. The van der Waals surface area contributed by atoms with Crippen LogP contribution in [0, 0.1) is 46.3 Å². The molecule has 4 heteroatoms. The third kappa shape index (κ3) is 3.28. The van der Waals surface area contributed by atoms with Crippen molar-refractivity contribution in [2.24, 2.45) is 46.3 Å². The average molecular weight is 407 g/mol. The van der Waals surface area contributed by atoms with Gasteiger partial charge in [-0.2, -0.15) is 0 Å². The van der Waals surface area contributed by atoms with Gasteiger partial charge >= 0.3 is 5.97 Å². The number of hydrogen-bond donors (Lipinski definition) is 2. The van der Waals surface area contributed by atoms with E-state index in [0.29, 0.717) is 30.1 Å². The maximum atomic E-state index is 11.6. The lowest BCUT2D eigenvalue weighted by atomic mass is 9.43. The van der Waals surface area contributed by atoms with Crippen LogP contribution >= 0.6 is 0 Å². The van der Waals surface area contributed by atoms with Gasteiger partial charge in [-0.25, -0.2) is 0 Å². The molecule has 4 aliphatic rings. The number of carbonyl (C=O) groups is 1. The third-order valence-electron chi connectivity index (χ3n) is 10.5. The van der Waals surface area contributed by atoms with Gasteiger partial charge in [0, 0.05) is 6.42 Å². The van der Waals surface area contributed by atoms with E-state index in [1.807, 2.05) is 0 Å². The molecule has 0 aliphatic heterocycles. The summed E-state index contributed by atoms with van der Waals surface area (Å²) in [5.74, 6) is 2.53. The van der Waals surface area contributed by atoms with Gasteiger partial charge in [-0.15, -0.1) is 0 Å². The molecule has 0 aromatic carbocycles. The number of fused-ring (bicyclic) bond motifs is 5. The van der Waals surface area contributed by atoms with Crippen LogP contribution in [0.1, 0.15) is 85.0 Å². The summed E-state index contributed by atoms with van der Waals surface area (Å²) in [6, 6.07) is 0. The molecule has 0 aromatic heterocycles. The second kappa shape index (κ2) is 7.82. The van der Waals surface area contributed by atoms with Crippen molar-refractivity contribution < 1.29 is 19.7 Å². The normalized spacial score (nSPS) is 50.2. The zero-order valence-corrected chi connectivity index (χ0v) is 18.9. The van der Waals surface area contributed by atoms with Crippen molar-refractivity contribution in [1.82, 2.24) is 0 Å². The molecule has 4 rings (SSSR count). The third-order valence-corrected chi connectivity index (χ3v) is 10.5. The van der Waals surface area contributed by atoms with Gasteiger partial charge in [0.05, 0.1) is 19.3 Å². The van der Waals surface area contributed by atoms with Gasteiger partial charge in [-0.3, -0.25) is 4.79 Å². The summed E-state index contributed by atoms with van der Waals surface area (Å²) in [5, 5.41) is 22.4. The maximum absolute atomic E-state index is 11.6. The molecule has 0 radical (unpaired) electrons. The Hall–Kier alpha value is -0.610. The summed E-state index contributed by atoms with van der Waals surface area (Å²) in [6.45, 7) is 7.18. The predicted octanol–water partition coefficient (Wildman–Crippen LogP) is 4.57. The van der Waals surface area contributed by atoms with Crippen LogP contribution in [-0.2, 0) is 9.53 Å². The average Bonchev–Trinajstić information content (AvgIpc) is 3.06. The second-order valence-electron chi connectivity index (χ2n) is 11.5. The predicted molar refractivity (Wildman–Crippen MR) is 113 cm³/mol. The van der Waals surface area contributed by atoms with E-state index in [1.54, 1.807) is 0 Å². The SMILES string of the molecule is COC(=O)CC[C@H](C)[C@H]1CCC2C3C(CC[C@@]21C)[C@@]1(C)CCCC[C@H]1[C@H](O)[C@@H]3O. The number of aliphatic hydroxyl groups is 2. The van der Waals surface area contributed by atoms with E-state index in [1.165, 1.54) is 45.6 Å². The van der Waals surface area contributed by atoms with Gasteiger partial charge in [0.15, 0.2) is 0 Å². The van der Waals surface area contributed by atoms with Crippen LogP contribution < -0.4 is 0 Å². The van der Waals surface area contributed by atoms with Gasteiger partial charge < -0.3 is 14.9 Å². The molecule has 0 spiro atoms. The first-order valence-corrected chi connectivity index (χ1v) is 12.2. The van der Waals surface area contributed by atoms with Crippen molar-refractivity contribution in [3.8, 4) is 0 Å². The fourth-order valence-electron chi connectivity index (χ4n) is 8.94. The summed E-state index contributed by atoms with van der Waals surface area (Å²) < 4.78 is 4.85. The Balaban J connectivity index is 1.56. The van der Waals surface area contributed by atoms with Crippen LogP contribution in [0.25, 0.3) is 0 Å². The van der Waals surface area contributed by atoms with E-state index in [9.17, 15) is 15.0 Å². The number of ether oxygens (including phenoxy) is 1. The van der Waals surface area contributed by atoms with Gasteiger partial charge in [0.2, 0.25) is 0 Å². The first-order valence-electron chi connectivity index (χ1n) is 12.2. The van der Waals surface area contributed by atoms with E-state index in [4.69, 9.17) is 4.74 Å². The first kappa shape index (κ1) is 21.6. The van der Waals surface area contributed by atoms with Crippen molar-refractivity contribution in [2.45, 2.75) is 97.2 Å². The van der Waals surface area contributed by atoms with Crippen LogP contribution in [0.4, 0.5) is 0 Å². The van der Waals surface area contributed by atoms with Crippen LogP contribution in [0.2, 0.25) is 0 Å². The van der Waals surface area contributed by atoms with E-state index >= 15 is 0 Å². The maximum Gasteiger partial charge on any atom is 0.305 e. The minimum Gasteiger partial charge on any atom is -0.469 e. The smallest absolute Gasteiger partial charge is 0.305 e. The highest BCUT2D eigenvalue weighted by Crippen LogP contribution is 2.68. The molecule has 0 aromatic rings. The largest absolute Gasteiger partial charge is 0.469 e. The molecule has 4 saturated carbocycles. The van der Waals surface area contributed by atoms with Crippen LogP contribution in [0.15, 0.2) is 0 Å². The van der Waals surface area contributed by atoms with E-state index in [2.05, 4.69) is 20.8 Å². The Morgan fingerprint density at radius 1 is 0.966 bits per heavy atom. The monoisotopic (exact) mass is 406 g/mol. The lowest BCUT2D eigenvalue weighted by molar-refractivity contribution is -0.215. The lowest BCUT2D eigenvalue weighted by Crippen LogP contribution is -2.63. The van der Waals surface area contributed by atoms with E-state index in [0.717, 1.165) is 19.3 Å². The molecule has 0 heterocycles. The molecule has 0 bridgehead atoms.